The molecule has 2 N–H and O–H groups in total. The van der Waals surface area contributed by atoms with Crippen LogP contribution in [-0.4, -0.2) is 48.6 Å². The minimum Gasteiger partial charge on any atom is -0.349 e. The summed E-state index contributed by atoms with van der Waals surface area (Å²) in [5, 5.41) is 6.37. The van der Waals surface area contributed by atoms with E-state index in [0.717, 1.165) is 44.6 Å². The maximum Gasteiger partial charge on any atom is 0.247 e. The third-order valence-corrected chi connectivity index (χ3v) is 4.33. The van der Waals surface area contributed by atoms with Gasteiger partial charge >= 0.3 is 0 Å². The van der Waals surface area contributed by atoms with Crippen molar-refractivity contribution in [2.45, 2.75) is 52.1 Å². The van der Waals surface area contributed by atoms with Crippen molar-refractivity contribution in [1.82, 2.24) is 15.5 Å². The molecule has 2 fully saturated rings. The topological polar surface area (TPSA) is 44.4 Å². The predicted octanol–water partition coefficient (Wildman–Crippen LogP) is 1.29. The second-order valence-corrected chi connectivity index (χ2v) is 6.74. The van der Waals surface area contributed by atoms with Gasteiger partial charge in [0.1, 0.15) is 0 Å². The summed E-state index contributed by atoms with van der Waals surface area (Å²) in [6.07, 6.45) is 2.12. The van der Waals surface area contributed by atoms with E-state index in [4.69, 9.17) is 0 Å². The van der Waals surface area contributed by atoms with Gasteiger partial charge in [-0.05, 0) is 46.1 Å². The molecule has 0 spiro atoms. The molecule has 2 rings (SSSR count). The van der Waals surface area contributed by atoms with Gasteiger partial charge in [0.2, 0.25) is 5.91 Å². The second-order valence-electron chi connectivity index (χ2n) is 6.74. The molecule has 0 saturated carbocycles. The van der Waals surface area contributed by atoms with Crippen LogP contribution in [0.2, 0.25) is 0 Å². The van der Waals surface area contributed by atoms with Gasteiger partial charge in [-0.25, -0.2) is 0 Å². The standard InChI is InChI=1S/C15H27N3O/c1-11(12-9-16-10-12)14(19)17-13-5-7-18(8-6-13)15(2,3)4/h13,16H,5-10H2,1-4H3,(H,17,19). The van der Waals surface area contributed by atoms with Gasteiger partial charge in [0.15, 0.2) is 0 Å². The number of rotatable bonds is 2. The summed E-state index contributed by atoms with van der Waals surface area (Å²) < 4.78 is 0. The Morgan fingerprint density at radius 2 is 1.84 bits per heavy atom. The Labute approximate surface area is 116 Å². The Morgan fingerprint density at radius 1 is 1.26 bits per heavy atom. The highest BCUT2D eigenvalue weighted by Gasteiger charge is 2.28. The molecule has 0 aromatic heterocycles. The maximum atomic E-state index is 12.1. The molecule has 2 heterocycles. The molecule has 0 aromatic carbocycles. The molecule has 4 nitrogen and oxygen atoms in total. The van der Waals surface area contributed by atoms with Crippen LogP contribution in [0.25, 0.3) is 0 Å². The smallest absolute Gasteiger partial charge is 0.247 e. The average molecular weight is 265 g/mol. The van der Waals surface area contributed by atoms with Crippen LogP contribution in [0.1, 0.15) is 40.5 Å². The van der Waals surface area contributed by atoms with Crippen LogP contribution in [0.15, 0.2) is 11.1 Å². The van der Waals surface area contributed by atoms with Gasteiger partial charge in [-0.15, -0.1) is 0 Å². The third kappa shape index (κ3) is 3.57. The molecule has 0 radical (unpaired) electrons. The number of nitrogens with one attached hydrogen (secondary N) is 2. The minimum atomic E-state index is 0.130. The third-order valence-electron chi connectivity index (χ3n) is 4.33. The number of carbonyl (C=O) groups excluding carboxylic acids is 1. The Morgan fingerprint density at radius 3 is 2.26 bits per heavy atom. The predicted molar refractivity (Wildman–Crippen MR) is 78.1 cm³/mol. The Hall–Kier alpha value is -0.870. The summed E-state index contributed by atoms with van der Waals surface area (Å²) in [7, 11) is 0. The lowest BCUT2D eigenvalue weighted by Gasteiger charge is -2.41. The zero-order chi connectivity index (χ0) is 14.0. The highest BCUT2D eigenvalue weighted by molar-refractivity contribution is 5.94. The number of amides is 1. The molecule has 0 atom stereocenters. The van der Waals surface area contributed by atoms with E-state index in [-0.39, 0.29) is 11.4 Å². The van der Waals surface area contributed by atoms with E-state index in [1.807, 2.05) is 6.92 Å². The van der Waals surface area contributed by atoms with Crippen molar-refractivity contribution in [1.29, 1.82) is 0 Å². The number of nitrogens with zero attached hydrogens (tertiary/aromatic N) is 1. The fourth-order valence-electron chi connectivity index (χ4n) is 2.66. The van der Waals surface area contributed by atoms with Gasteiger partial charge in [-0.2, -0.15) is 0 Å². The van der Waals surface area contributed by atoms with Crippen molar-refractivity contribution in [3.63, 3.8) is 0 Å². The van der Waals surface area contributed by atoms with Crippen molar-refractivity contribution in [3.05, 3.63) is 11.1 Å². The molecule has 19 heavy (non-hydrogen) atoms. The maximum absolute atomic E-state index is 12.1. The lowest BCUT2D eigenvalue weighted by Crippen LogP contribution is -2.51. The van der Waals surface area contributed by atoms with E-state index in [2.05, 4.69) is 36.3 Å². The van der Waals surface area contributed by atoms with Crippen molar-refractivity contribution < 1.29 is 4.79 Å². The molecular formula is C15H27N3O. The highest BCUT2D eigenvalue weighted by atomic mass is 16.1. The van der Waals surface area contributed by atoms with E-state index in [1.54, 1.807) is 0 Å². The van der Waals surface area contributed by atoms with E-state index in [0.29, 0.717) is 6.04 Å². The van der Waals surface area contributed by atoms with Gasteiger partial charge in [0.05, 0.1) is 0 Å². The van der Waals surface area contributed by atoms with Crippen molar-refractivity contribution in [2.24, 2.45) is 0 Å². The van der Waals surface area contributed by atoms with Crippen LogP contribution in [-0.2, 0) is 4.79 Å². The normalized spacial score (nSPS) is 22.0. The molecule has 0 bridgehead atoms. The first-order valence-electron chi connectivity index (χ1n) is 7.33. The van der Waals surface area contributed by atoms with E-state index >= 15 is 0 Å². The van der Waals surface area contributed by atoms with Gasteiger partial charge in [-0.3, -0.25) is 9.69 Å². The summed E-state index contributed by atoms with van der Waals surface area (Å²) in [5.41, 5.74) is 2.41. The highest BCUT2D eigenvalue weighted by Crippen LogP contribution is 2.20. The molecule has 0 aliphatic carbocycles. The zero-order valence-corrected chi connectivity index (χ0v) is 12.7. The molecule has 0 unspecified atom stereocenters. The average Bonchev–Trinajstić information content (AvgIpc) is 2.26. The molecule has 1 amide bonds. The summed E-state index contributed by atoms with van der Waals surface area (Å²) in [6.45, 7) is 12.6. The van der Waals surface area contributed by atoms with Crippen LogP contribution in [0, 0.1) is 0 Å². The lowest BCUT2D eigenvalue weighted by molar-refractivity contribution is -0.118. The first kappa shape index (κ1) is 14.5. The first-order chi connectivity index (χ1) is 8.88. The van der Waals surface area contributed by atoms with Gasteiger partial charge in [-0.1, -0.05) is 0 Å². The summed E-state index contributed by atoms with van der Waals surface area (Å²) >= 11 is 0. The van der Waals surface area contributed by atoms with Crippen LogP contribution >= 0.6 is 0 Å². The largest absolute Gasteiger partial charge is 0.349 e. The van der Waals surface area contributed by atoms with E-state index < -0.39 is 0 Å². The van der Waals surface area contributed by atoms with Gasteiger partial charge in [0.25, 0.3) is 0 Å². The molecule has 4 heteroatoms. The van der Waals surface area contributed by atoms with Crippen LogP contribution in [0.3, 0.4) is 0 Å². The van der Waals surface area contributed by atoms with Crippen molar-refractivity contribution >= 4 is 5.91 Å². The second kappa shape index (κ2) is 5.63. The van der Waals surface area contributed by atoms with Gasteiger partial charge < -0.3 is 10.6 Å². The molecule has 108 valence electrons. The Balaban J connectivity index is 1.81. The number of piperidine rings is 1. The van der Waals surface area contributed by atoms with E-state index in [9.17, 15) is 4.79 Å². The fourth-order valence-corrected chi connectivity index (χ4v) is 2.66. The summed E-state index contributed by atoms with van der Waals surface area (Å²) in [4.78, 5) is 14.6. The van der Waals surface area contributed by atoms with Crippen molar-refractivity contribution in [3.8, 4) is 0 Å². The lowest BCUT2D eigenvalue weighted by atomic mass is 9.97. The van der Waals surface area contributed by atoms with E-state index in [1.165, 1.54) is 5.57 Å². The van der Waals surface area contributed by atoms with Gasteiger partial charge in [0, 0.05) is 43.3 Å². The SMILES string of the molecule is CC(C(=O)NC1CCN(C(C)(C)C)CC1)=C1CNC1. The summed E-state index contributed by atoms with van der Waals surface area (Å²) in [5.74, 6) is 0.130. The van der Waals surface area contributed by atoms with Crippen molar-refractivity contribution in [2.75, 3.05) is 26.2 Å². The van der Waals surface area contributed by atoms with Crippen LogP contribution < -0.4 is 10.6 Å². The zero-order valence-electron chi connectivity index (χ0n) is 12.7. The molecular weight excluding hydrogens is 238 g/mol. The molecule has 2 aliphatic rings. The number of hydrogen-bond donors (Lipinski definition) is 2. The molecule has 2 saturated heterocycles. The number of likely N-dealkylation sites (tertiary alicyclic amines) is 1. The fraction of sp³-hybridized carbons (Fsp3) is 0.800. The first-order valence-corrected chi connectivity index (χ1v) is 7.33. The molecule has 0 aromatic rings. The van der Waals surface area contributed by atoms with Crippen LogP contribution in [0.4, 0.5) is 0 Å². The number of hydrogen-bond acceptors (Lipinski definition) is 3. The monoisotopic (exact) mass is 265 g/mol. The summed E-state index contributed by atoms with van der Waals surface area (Å²) in [6, 6.07) is 0.342. The Bertz CT molecular complexity index is 367. The Kier molecular flexibility index (Phi) is 4.31. The van der Waals surface area contributed by atoms with Crippen LogP contribution in [0.5, 0.6) is 0 Å². The minimum absolute atomic E-state index is 0.130. The molecule has 2 aliphatic heterocycles. The quantitative estimate of drug-likeness (QED) is 0.739. The number of carbonyl (C=O) groups is 1.